The summed E-state index contributed by atoms with van der Waals surface area (Å²) in [6.07, 6.45) is 12.2. The van der Waals surface area contributed by atoms with Crippen LogP contribution in [-0.4, -0.2) is 141 Å². The Morgan fingerprint density at radius 2 is 0.887 bits per heavy atom. The average molecular weight is 754 g/mol. The van der Waals surface area contributed by atoms with Crippen molar-refractivity contribution in [2.24, 2.45) is 0 Å². The summed E-state index contributed by atoms with van der Waals surface area (Å²) >= 11 is 0. The number of rotatable bonds is 36. The summed E-state index contributed by atoms with van der Waals surface area (Å²) in [5.74, 6) is 3.35. The predicted octanol–water partition coefficient (Wildman–Crippen LogP) is 0.223. The second-order valence-corrected chi connectivity index (χ2v) is 11.9. The molecule has 0 spiro atoms. The molecule has 16 nitrogen and oxygen atoms in total. The second kappa shape index (κ2) is 35.3. The standard InChI is InChI=1S/C37H63N5O11/c1-5-20-48-26-29-51-23-17-39-33(44)11-14-37(42-36(47)10-8-9-32(43)38-4,15-12-34(45)40-18-24-52-30-27-49-21-6-2)16-13-35(46)41-19-25-53-31-28-50-22-7-3/h1-2H,7-31H2,3-4H3,(H,38,43)(H,39,44)(H,40,45)(H,41,46)(H,42,47). The van der Waals surface area contributed by atoms with Gasteiger partial charge in [-0.05, 0) is 32.1 Å². The molecule has 0 unspecified atom stereocenters. The fourth-order valence-electron chi connectivity index (χ4n) is 4.74. The van der Waals surface area contributed by atoms with Gasteiger partial charge < -0.3 is 55.0 Å². The molecule has 302 valence electrons. The summed E-state index contributed by atoms with van der Waals surface area (Å²) in [4.78, 5) is 63.7. The highest BCUT2D eigenvalue weighted by molar-refractivity contribution is 5.81. The van der Waals surface area contributed by atoms with E-state index in [-0.39, 0.29) is 127 Å². The Labute approximate surface area is 315 Å². The highest BCUT2D eigenvalue weighted by atomic mass is 16.5. The van der Waals surface area contributed by atoms with Gasteiger partial charge in [0.25, 0.3) is 0 Å². The molecule has 0 aliphatic carbocycles. The molecule has 16 heteroatoms. The molecule has 0 bridgehead atoms. The highest BCUT2D eigenvalue weighted by Gasteiger charge is 2.33. The molecule has 0 saturated carbocycles. The molecule has 0 aliphatic heterocycles. The number of carbonyl (C=O) groups excluding carboxylic acids is 5. The van der Waals surface area contributed by atoms with Crippen LogP contribution >= 0.6 is 0 Å². The van der Waals surface area contributed by atoms with Crippen molar-refractivity contribution < 1.29 is 52.4 Å². The van der Waals surface area contributed by atoms with Crippen LogP contribution in [0.15, 0.2) is 0 Å². The van der Waals surface area contributed by atoms with Crippen molar-refractivity contribution >= 4 is 29.5 Å². The van der Waals surface area contributed by atoms with Crippen LogP contribution in [-0.2, 0) is 52.4 Å². The fourth-order valence-corrected chi connectivity index (χ4v) is 4.74. The minimum atomic E-state index is -1.08. The van der Waals surface area contributed by atoms with Gasteiger partial charge in [-0.25, -0.2) is 0 Å². The summed E-state index contributed by atoms with van der Waals surface area (Å²) in [5.41, 5.74) is -1.08. The first-order valence-electron chi connectivity index (χ1n) is 18.4. The van der Waals surface area contributed by atoms with Gasteiger partial charge in [0.1, 0.15) is 13.2 Å². The van der Waals surface area contributed by atoms with Crippen LogP contribution in [0.4, 0.5) is 0 Å². The molecule has 0 aromatic heterocycles. The van der Waals surface area contributed by atoms with Crippen molar-refractivity contribution in [1.82, 2.24) is 26.6 Å². The molecule has 0 saturated heterocycles. The molecule has 0 heterocycles. The normalized spacial score (nSPS) is 10.9. The van der Waals surface area contributed by atoms with Crippen molar-refractivity contribution in [2.45, 2.75) is 76.7 Å². The first-order chi connectivity index (χ1) is 25.7. The number of ether oxygens (including phenoxy) is 6. The lowest BCUT2D eigenvalue weighted by atomic mass is 9.82. The number of amides is 5. The summed E-state index contributed by atoms with van der Waals surface area (Å²) in [5, 5.41) is 14.0. The van der Waals surface area contributed by atoms with Gasteiger partial charge in [-0.1, -0.05) is 18.8 Å². The number of hydrogen-bond acceptors (Lipinski definition) is 11. The fraction of sp³-hybridized carbons (Fsp3) is 0.757. The van der Waals surface area contributed by atoms with E-state index in [1.54, 1.807) is 0 Å². The van der Waals surface area contributed by atoms with Crippen LogP contribution in [0.3, 0.4) is 0 Å². The van der Waals surface area contributed by atoms with Crippen molar-refractivity contribution in [3.63, 3.8) is 0 Å². The lowest BCUT2D eigenvalue weighted by molar-refractivity contribution is -0.127. The van der Waals surface area contributed by atoms with Gasteiger partial charge in [0, 0.05) is 70.9 Å². The topological polar surface area (TPSA) is 201 Å². The van der Waals surface area contributed by atoms with Crippen LogP contribution in [0.5, 0.6) is 0 Å². The summed E-state index contributed by atoms with van der Waals surface area (Å²) in [6, 6.07) is 0. The number of carbonyl (C=O) groups is 5. The third-order valence-electron chi connectivity index (χ3n) is 7.52. The maximum atomic E-state index is 13.2. The molecule has 0 atom stereocenters. The Bertz CT molecular complexity index is 1050. The van der Waals surface area contributed by atoms with Crippen molar-refractivity contribution in [2.75, 3.05) is 106 Å². The zero-order chi connectivity index (χ0) is 39.3. The van der Waals surface area contributed by atoms with E-state index in [0.29, 0.717) is 59.3 Å². The molecular weight excluding hydrogens is 690 g/mol. The van der Waals surface area contributed by atoms with Crippen molar-refractivity contribution in [1.29, 1.82) is 0 Å². The van der Waals surface area contributed by atoms with E-state index >= 15 is 0 Å². The Kier molecular flexibility index (Phi) is 32.8. The Morgan fingerprint density at radius 1 is 0.509 bits per heavy atom. The van der Waals surface area contributed by atoms with Crippen LogP contribution in [0, 0.1) is 24.7 Å². The number of hydrogen-bond donors (Lipinski definition) is 5. The Hall–Kier alpha value is -3.77. The average Bonchev–Trinajstić information content (AvgIpc) is 3.15. The molecule has 0 radical (unpaired) electrons. The van der Waals surface area contributed by atoms with Crippen LogP contribution in [0.2, 0.25) is 0 Å². The SMILES string of the molecule is C#CCOCCOCCNC(=O)CCC(CCC(=O)NCCOCCOCC#C)(CCC(=O)NCCOCCOCCC)NC(=O)CCCC(=O)NC. The third kappa shape index (κ3) is 31.5. The highest BCUT2D eigenvalue weighted by Crippen LogP contribution is 2.26. The van der Waals surface area contributed by atoms with E-state index < -0.39 is 5.54 Å². The molecule has 0 aromatic rings. The second-order valence-electron chi connectivity index (χ2n) is 11.9. The first kappa shape index (κ1) is 49.2. The Balaban J connectivity index is 5.48. The smallest absolute Gasteiger partial charge is 0.220 e. The molecule has 0 aliphatic rings. The van der Waals surface area contributed by atoms with Crippen molar-refractivity contribution in [3.05, 3.63) is 0 Å². The van der Waals surface area contributed by atoms with E-state index in [1.165, 1.54) is 7.05 Å². The van der Waals surface area contributed by atoms with Crippen LogP contribution in [0.25, 0.3) is 0 Å². The van der Waals surface area contributed by atoms with Gasteiger partial charge >= 0.3 is 0 Å². The predicted molar refractivity (Wildman–Crippen MR) is 198 cm³/mol. The zero-order valence-corrected chi connectivity index (χ0v) is 31.8. The van der Waals surface area contributed by atoms with E-state index in [2.05, 4.69) is 38.4 Å². The number of terminal acetylenes is 2. The van der Waals surface area contributed by atoms with Gasteiger partial charge in [-0.15, -0.1) is 12.8 Å². The first-order valence-corrected chi connectivity index (χ1v) is 18.4. The molecular formula is C37H63N5O11. The molecule has 0 fully saturated rings. The van der Waals surface area contributed by atoms with Crippen molar-refractivity contribution in [3.8, 4) is 24.7 Å². The maximum Gasteiger partial charge on any atom is 0.220 e. The monoisotopic (exact) mass is 753 g/mol. The van der Waals surface area contributed by atoms with Crippen LogP contribution < -0.4 is 26.6 Å². The van der Waals surface area contributed by atoms with Gasteiger partial charge in [0.2, 0.25) is 29.5 Å². The van der Waals surface area contributed by atoms with Gasteiger partial charge in [-0.3, -0.25) is 24.0 Å². The Morgan fingerprint density at radius 3 is 1.26 bits per heavy atom. The largest absolute Gasteiger partial charge is 0.379 e. The molecule has 0 rings (SSSR count). The van der Waals surface area contributed by atoms with E-state index in [0.717, 1.165) is 6.42 Å². The third-order valence-corrected chi connectivity index (χ3v) is 7.52. The lowest BCUT2D eigenvalue weighted by Gasteiger charge is -2.35. The van der Waals surface area contributed by atoms with E-state index in [1.807, 2.05) is 6.92 Å². The summed E-state index contributed by atoms with van der Waals surface area (Å²) < 4.78 is 32.1. The molecule has 53 heavy (non-hydrogen) atoms. The van der Waals surface area contributed by atoms with Crippen LogP contribution in [0.1, 0.15) is 71.1 Å². The maximum absolute atomic E-state index is 13.2. The summed E-state index contributed by atoms with van der Waals surface area (Å²) in [6.45, 7) is 6.87. The molecule has 5 amide bonds. The lowest BCUT2D eigenvalue weighted by Crippen LogP contribution is -2.50. The number of nitrogens with one attached hydrogen (secondary N) is 5. The van der Waals surface area contributed by atoms with Gasteiger partial charge in [0.15, 0.2) is 0 Å². The molecule has 0 aromatic carbocycles. The summed E-state index contributed by atoms with van der Waals surface area (Å²) in [7, 11) is 1.52. The molecule has 5 N–H and O–H groups in total. The minimum absolute atomic E-state index is 0.0105. The van der Waals surface area contributed by atoms with E-state index in [4.69, 9.17) is 41.3 Å². The zero-order valence-electron chi connectivity index (χ0n) is 31.8. The minimum Gasteiger partial charge on any atom is -0.379 e. The quantitative estimate of drug-likeness (QED) is 0.0433. The van der Waals surface area contributed by atoms with Gasteiger partial charge in [-0.2, -0.15) is 0 Å². The van der Waals surface area contributed by atoms with Gasteiger partial charge in [0.05, 0.1) is 59.5 Å². The van der Waals surface area contributed by atoms with E-state index in [9.17, 15) is 24.0 Å².